The Bertz CT molecular complexity index is 2020. The van der Waals surface area contributed by atoms with E-state index in [1.807, 2.05) is 42.2 Å². The Morgan fingerprint density at radius 1 is 1.02 bits per heavy atom. The van der Waals surface area contributed by atoms with Gasteiger partial charge in [0.15, 0.2) is 17.3 Å². The van der Waals surface area contributed by atoms with Crippen LogP contribution in [-0.4, -0.2) is 97.9 Å². The number of nitrogens with zero attached hydrogens (tertiary/aromatic N) is 6. The van der Waals surface area contributed by atoms with Gasteiger partial charge in [0.1, 0.15) is 29.3 Å². The highest BCUT2D eigenvalue weighted by Gasteiger charge is 2.66. The number of halogens is 1. The quantitative estimate of drug-likeness (QED) is 0.0723. The average Bonchev–Trinajstić information content (AvgIpc) is 3.58. The van der Waals surface area contributed by atoms with E-state index in [0.717, 1.165) is 42.4 Å². The molecule has 0 radical (unpaired) electrons. The van der Waals surface area contributed by atoms with Crippen LogP contribution in [0.4, 0.5) is 0 Å². The van der Waals surface area contributed by atoms with Gasteiger partial charge in [0.25, 0.3) is 0 Å². The van der Waals surface area contributed by atoms with Gasteiger partial charge in [-0.05, 0) is 76.9 Å². The lowest BCUT2D eigenvalue weighted by Crippen LogP contribution is -2.45. The predicted molar refractivity (Wildman–Crippen MR) is 206 cm³/mol. The summed E-state index contributed by atoms with van der Waals surface area (Å²) in [5, 5.41) is 5.24. The van der Waals surface area contributed by atoms with Crippen molar-refractivity contribution in [1.29, 1.82) is 0 Å². The smallest absolute Gasteiger partial charge is 0.245 e. The van der Waals surface area contributed by atoms with Crippen LogP contribution in [0.15, 0.2) is 47.3 Å². The molecule has 4 heterocycles. The highest BCUT2D eigenvalue weighted by Crippen LogP contribution is 2.62. The van der Waals surface area contributed by atoms with Crippen molar-refractivity contribution >= 4 is 50.1 Å². The summed E-state index contributed by atoms with van der Waals surface area (Å²) in [6.45, 7) is 7.08. The summed E-state index contributed by atoms with van der Waals surface area (Å²) in [7, 11) is 0. The summed E-state index contributed by atoms with van der Waals surface area (Å²) < 4.78 is 12.8. The molecule has 4 aromatic rings. The molecule has 1 aliphatic carbocycles. The first kappa shape index (κ1) is 39.5. The van der Waals surface area contributed by atoms with Crippen molar-refractivity contribution in [3.8, 4) is 11.1 Å². The van der Waals surface area contributed by atoms with Gasteiger partial charge in [-0.3, -0.25) is 23.9 Å². The van der Waals surface area contributed by atoms with Crippen LogP contribution in [0.25, 0.3) is 22.0 Å². The van der Waals surface area contributed by atoms with Crippen molar-refractivity contribution in [2.45, 2.75) is 90.8 Å². The number of Topliss-reactive ketones (excluding diaryl/α,β-unsaturated/α-hetero) is 3. The third-order valence-electron chi connectivity index (χ3n) is 10.5. The van der Waals surface area contributed by atoms with E-state index in [4.69, 9.17) is 15.2 Å². The highest BCUT2D eigenvalue weighted by atomic mass is 79.9. The number of aromatic nitrogens is 5. The molecule has 286 valence electrons. The summed E-state index contributed by atoms with van der Waals surface area (Å²) in [6.07, 6.45) is 8.82. The maximum absolute atomic E-state index is 14.2. The number of unbranched alkanes of at least 4 members (excludes halogenated alkanes) is 1. The zero-order chi connectivity index (χ0) is 38.4. The van der Waals surface area contributed by atoms with E-state index >= 15 is 0 Å². The Morgan fingerprint density at radius 3 is 2.54 bits per heavy atom. The first-order valence-electron chi connectivity index (χ1n) is 18.7. The number of rotatable bonds is 20. The Labute approximate surface area is 323 Å². The van der Waals surface area contributed by atoms with E-state index in [-0.39, 0.29) is 66.4 Å². The first-order chi connectivity index (χ1) is 26.0. The maximum atomic E-state index is 14.2. The number of ketones is 3. The standard InChI is InChI=1S/C40H48BrN7O6/c1-4-5-12-40-19-33(34(51)18-31-25(2)6-10-36(41)45-31)48(35(40)20-40)38(52)23-47-32-9-7-27(17-30(32)39(46-47)26(3)49)28-21-43-37(44-22-28)11-8-29(50)24-54-16-15-53-14-13-42/h6-7,9-10,17,21-22,33,35H,4-5,8,11-16,18-20,23-24,42H2,1-3H3/t33-,35+,40-/m0/s1. The minimum atomic E-state index is -0.532. The number of hydrogen-bond acceptors (Lipinski definition) is 11. The van der Waals surface area contributed by atoms with Crippen molar-refractivity contribution in [2.24, 2.45) is 11.1 Å². The third kappa shape index (κ3) is 8.99. The minimum absolute atomic E-state index is 0.00288. The SMILES string of the molecule is CCCC[C@@]12C[C@@H](C(=O)Cc3nc(Br)ccc3C)N(C(=O)Cn3nc(C(C)=O)c4cc(-c5cnc(CCC(=O)COCCOCCN)nc5)ccc43)[C@@H]1C2. The van der Waals surface area contributed by atoms with Gasteiger partial charge in [0, 0.05) is 55.7 Å². The molecule has 13 nitrogen and oxygen atoms in total. The van der Waals surface area contributed by atoms with Gasteiger partial charge >= 0.3 is 0 Å². The number of carbonyl (C=O) groups excluding carboxylic acids is 4. The lowest BCUT2D eigenvalue weighted by atomic mass is 9.91. The molecule has 0 unspecified atom stereocenters. The van der Waals surface area contributed by atoms with E-state index in [9.17, 15) is 19.2 Å². The molecule has 1 aromatic carbocycles. The molecule has 0 spiro atoms. The molecule has 0 bridgehead atoms. The van der Waals surface area contributed by atoms with Crippen LogP contribution >= 0.6 is 15.9 Å². The molecular weight excluding hydrogens is 754 g/mol. The fourth-order valence-electron chi connectivity index (χ4n) is 7.56. The largest absolute Gasteiger partial charge is 0.378 e. The zero-order valence-electron chi connectivity index (χ0n) is 31.2. The number of ether oxygens (including phenoxy) is 2. The minimum Gasteiger partial charge on any atom is -0.378 e. The van der Waals surface area contributed by atoms with Crippen LogP contribution in [0.3, 0.4) is 0 Å². The number of fused-ring (bicyclic) bond motifs is 2. The number of pyridine rings is 1. The molecule has 1 saturated heterocycles. The van der Waals surface area contributed by atoms with E-state index in [2.05, 4.69) is 42.9 Å². The first-order valence-corrected chi connectivity index (χ1v) is 19.5. The van der Waals surface area contributed by atoms with Gasteiger partial charge in [-0.25, -0.2) is 15.0 Å². The zero-order valence-corrected chi connectivity index (χ0v) is 32.8. The van der Waals surface area contributed by atoms with Crippen molar-refractivity contribution in [2.75, 3.05) is 33.0 Å². The number of carbonyl (C=O) groups is 4. The molecule has 1 aliphatic heterocycles. The van der Waals surface area contributed by atoms with Crippen LogP contribution in [0.1, 0.15) is 79.9 Å². The van der Waals surface area contributed by atoms with E-state index in [0.29, 0.717) is 66.2 Å². The average molecular weight is 803 g/mol. The predicted octanol–water partition coefficient (Wildman–Crippen LogP) is 5.02. The molecule has 2 N–H and O–H groups in total. The van der Waals surface area contributed by atoms with Crippen molar-refractivity contribution in [3.63, 3.8) is 0 Å². The van der Waals surface area contributed by atoms with E-state index in [1.54, 1.807) is 17.1 Å². The second kappa shape index (κ2) is 17.5. The summed E-state index contributed by atoms with van der Waals surface area (Å²) in [5.74, 6) is 0.0766. The molecule has 3 aromatic heterocycles. The topological polar surface area (TPSA) is 172 Å². The van der Waals surface area contributed by atoms with Crippen molar-refractivity contribution in [3.05, 3.63) is 70.1 Å². The van der Waals surface area contributed by atoms with Crippen molar-refractivity contribution < 1.29 is 28.7 Å². The number of hydrogen-bond donors (Lipinski definition) is 1. The summed E-state index contributed by atoms with van der Waals surface area (Å²) >= 11 is 3.42. The number of amides is 1. The number of nitrogens with two attached hydrogens (primary N) is 1. The lowest BCUT2D eigenvalue weighted by molar-refractivity contribution is -0.139. The summed E-state index contributed by atoms with van der Waals surface area (Å²) in [6, 6.07) is 8.88. The number of piperidine rings is 1. The van der Waals surface area contributed by atoms with Crippen LogP contribution in [-0.2, 0) is 43.2 Å². The fourth-order valence-corrected chi connectivity index (χ4v) is 7.90. The van der Waals surface area contributed by atoms with Gasteiger partial charge in [0.05, 0.1) is 43.5 Å². The third-order valence-corrected chi connectivity index (χ3v) is 11.0. The van der Waals surface area contributed by atoms with Gasteiger partial charge < -0.3 is 20.1 Å². The molecule has 14 heteroatoms. The highest BCUT2D eigenvalue weighted by molar-refractivity contribution is 9.10. The Kier molecular flexibility index (Phi) is 12.8. The van der Waals surface area contributed by atoms with Crippen LogP contribution < -0.4 is 5.73 Å². The second-order valence-corrected chi connectivity index (χ2v) is 15.2. The molecule has 2 aliphatic rings. The molecule has 6 rings (SSSR count). The summed E-state index contributed by atoms with van der Waals surface area (Å²) in [4.78, 5) is 68.5. The van der Waals surface area contributed by atoms with Gasteiger partial charge in [-0.15, -0.1) is 0 Å². The maximum Gasteiger partial charge on any atom is 0.245 e. The lowest BCUT2D eigenvalue weighted by Gasteiger charge is -2.27. The normalized spacial score (nSPS) is 18.9. The number of aryl methyl sites for hydroxylation is 2. The van der Waals surface area contributed by atoms with Crippen LogP contribution in [0, 0.1) is 12.3 Å². The molecule has 3 atom stereocenters. The Hall–Kier alpha value is -4.24. The Balaban J connectivity index is 1.15. The molecule has 1 amide bonds. The molecular formula is C40H48BrN7O6. The monoisotopic (exact) mass is 801 g/mol. The number of benzene rings is 1. The van der Waals surface area contributed by atoms with E-state index in [1.165, 1.54) is 6.92 Å². The Morgan fingerprint density at radius 2 is 1.80 bits per heavy atom. The number of likely N-dealkylation sites (tertiary alicyclic amines) is 1. The van der Waals surface area contributed by atoms with E-state index < -0.39 is 6.04 Å². The second-order valence-electron chi connectivity index (χ2n) is 14.4. The van der Waals surface area contributed by atoms with Gasteiger partial charge in [-0.1, -0.05) is 31.9 Å². The van der Waals surface area contributed by atoms with Crippen LogP contribution in [0.5, 0.6) is 0 Å². The van der Waals surface area contributed by atoms with Crippen molar-refractivity contribution in [1.82, 2.24) is 29.6 Å². The molecule has 1 saturated carbocycles. The molecule has 2 fully saturated rings. The van der Waals surface area contributed by atoms with Crippen LogP contribution in [0.2, 0.25) is 0 Å². The summed E-state index contributed by atoms with van der Waals surface area (Å²) in [5.41, 5.74) is 9.42. The molecule has 54 heavy (non-hydrogen) atoms. The fraction of sp³-hybridized carbons (Fsp3) is 0.500. The van der Waals surface area contributed by atoms with Gasteiger partial charge in [0.2, 0.25) is 5.91 Å². The van der Waals surface area contributed by atoms with Gasteiger partial charge in [-0.2, -0.15) is 5.10 Å².